The lowest BCUT2D eigenvalue weighted by Gasteiger charge is -2.42. The fourth-order valence-corrected chi connectivity index (χ4v) is 4.70. The normalized spacial score (nSPS) is 16.1. The Kier molecular flexibility index (Phi) is 8.35. The molecule has 2 aromatic carbocycles. The van der Waals surface area contributed by atoms with Crippen LogP contribution in [0.3, 0.4) is 0 Å². The van der Waals surface area contributed by atoms with Gasteiger partial charge in [-0.05, 0) is 73.4 Å². The number of tetrazole rings is 1. The van der Waals surface area contributed by atoms with Crippen molar-refractivity contribution in [3.8, 4) is 5.69 Å². The van der Waals surface area contributed by atoms with E-state index in [0.717, 1.165) is 17.7 Å². The summed E-state index contributed by atoms with van der Waals surface area (Å²) in [6, 6.07) is 11.9. The maximum Gasteiger partial charge on any atom is 0.453 e. The van der Waals surface area contributed by atoms with Gasteiger partial charge in [0.15, 0.2) is 0 Å². The lowest BCUT2D eigenvalue weighted by Crippen LogP contribution is -2.48. The summed E-state index contributed by atoms with van der Waals surface area (Å²) in [5.41, 5.74) is -1.94. The van der Waals surface area contributed by atoms with E-state index in [1.54, 1.807) is 25.7 Å². The SMILES string of the molecule is CC(C)(C)OC(=O)N1CCC(COCc2cc(-n3nnnc3C(F)(F)F)cc(C(F)(F)F)c2)(c2ccccc2)CC1. The third-order valence-corrected chi connectivity index (χ3v) is 6.68. The Bertz CT molecular complexity index is 1340. The molecule has 1 amide bonds. The summed E-state index contributed by atoms with van der Waals surface area (Å²) >= 11 is 0. The molecule has 1 aliphatic rings. The first-order valence-electron chi connectivity index (χ1n) is 12.8. The van der Waals surface area contributed by atoms with E-state index in [0.29, 0.717) is 32.0 Å². The molecule has 0 atom stereocenters. The summed E-state index contributed by atoms with van der Waals surface area (Å²) in [7, 11) is 0. The number of benzene rings is 2. The molecule has 0 aliphatic carbocycles. The van der Waals surface area contributed by atoms with Gasteiger partial charge in [-0.1, -0.05) is 30.3 Å². The van der Waals surface area contributed by atoms with Crippen LogP contribution in [0.1, 0.15) is 56.1 Å². The van der Waals surface area contributed by atoms with Crippen LogP contribution in [0.15, 0.2) is 48.5 Å². The van der Waals surface area contributed by atoms with E-state index in [9.17, 15) is 31.1 Å². The topological polar surface area (TPSA) is 82.4 Å². The Morgan fingerprint density at radius 1 is 0.951 bits per heavy atom. The summed E-state index contributed by atoms with van der Waals surface area (Å²) in [6.07, 6.45) is -9.24. The van der Waals surface area contributed by atoms with Crippen LogP contribution in [-0.4, -0.2) is 56.5 Å². The number of hydrogen-bond acceptors (Lipinski definition) is 6. The van der Waals surface area contributed by atoms with Crippen LogP contribution in [0, 0.1) is 0 Å². The van der Waals surface area contributed by atoms with Crippen molar-refractivity contribution in [2.24, 2.45) is 0 Å². The summed E-state index contributed by atoms with van der Waals surface area (Å²) in [4.78, 5) is 14.2. The molecule has 0 N–H and O–H groups in total. The molecule has 4 rings (SSSR count). The van der Waals surface area contributed by atoms with Crippen molar-refractivity contribution in [3.63, 3.8) is 0 Å². The van der Waals surface area contributed by atoms with Crippen molar-refractivity contribution in [2.45, 2.75) is 63.6 Å². The van der Waals surface area contributed by atoms with Crippen molar-refractivity contribution in [1.82, 2.24) is 25.1 Å². The summed E-state index contributed by atoms with van der Waals surface area (Å²) < 4.78 is 92.6. The fourth-order valence-electron chi connectivity index (χ4n) is 4.70. The Hall–Kier alpha value is -3.68. The van der Waals surface area contributed by atoms with Gasteiger partial charge in [-0.25, -0.2) is 4.79 Å². The van der Waals surface area contributed by atoms with Crippen molar-refractivity contribution < 1.29 is 40.6 Å². The van der Waals surface area contributed by atoms with E-state index in [1.165, 1.54) is 0 Å². The third kappa shape index (κ3) is 7.34. The van der Waals surface area contributed by atoms with Crippen LogP contribution in [-0.2, 0) is 33.8 Å². The van der Waals surface area contributed by atoms with Crippen LogP contribution < -0.4 is 0 Å². The lowest BCUT2D eigenvalue weighted by atomic mass is 9.73. The Labute approximate surface area is 232 Å². The molecule has 3 aromatic rings. The number of likely N-dealkylation sites (tertiary alicyclic amines) is 1. The van der Waals surface area contributed by atoms with Gasteiger partial charge in [-0.2, -0.15) is 31.0 Å². The van der Waals surface area contributed by atoms with E-state index in [4.69, 9.17) is 9.47 Å². The minimum absolute atomic E-state index is 0.00662. The van der Waals surface area contributed by atoms with Crippen molar-refractivity contribution in [2.75, 3.05) is 19.7 Å². The molecule has 0 bridgehead atoms. The molecule has 1 aromatic heterocycles. The molecular weight excluding hydrogens is 556 g/mol. The summed E-state index contributed by atoms with van der Waals surface area (Å²) in [5, 5.41) is 9.15. The molecule has 0 spiro atoms. The second kappa shape index (κ2) is 11.3. The van der Waals surface area contributed by atoms with Crippen molar-refractivity contribution in [1.29, 1.82) is 0 Å². The molecule has 0 radical (unpaired) electrons. The summed E-state index contributed by atoms with van der Waals surface area (Å²) in [5.74, 6) is -1.55. The number of halogens is 6. The third-order valence-electron chi connectivity index (χ3n) is 6.68. The average Bonchev–Trinajstić information content (AvgIpc) is 3.39. The molecule has 14 heteroatoms. The quantitative estimate of drug-likeness (QED) is 0.321. The second-order valence-electron chi connectivity index (χ2n) is 10.9. The highest BCUT2D eigenvalue weighted by Gasteiger charge is 2.40. The van der Waals surface area contributed by atoms with E-state index in [2.05, 4.69) is 15.5 Å². The summed E-state index contributed by atoms with van der Waals surface area (Å²) in [6.45, 7) is 5.87. The Balaban J connectivity index is 1.56. The van der Waals surface area contributed by atoms with E-state index >= 15 is 0 Å². The van der Waals surface area contributed by atoms with Crippen molar-refractivity contribution >= 4 is 6.09 Å². The van der Waals surface area contributed by atoms with Gasteiger partial charge in [0.2, 0.25) is 0 Å². The smallest absolute Gasteiger partial charge is 0.444 e. The maximum absolute atomic E-state index is 13.7. The van der Waals surface area contributed by atoms with Gasteiger partial charge in [0, 0.05) is 18.5 Å². The number of ether oxygens (including phenoxy) is 2. The van der Waals surface area contributed by atoms with E-state index in [-0.39, 0.29) is 23.5 Å². The minimum atomic E-state index is -4.98. The van der Waals surface area contributed by atoms with Crippen LogP contribution in [0.5, 0.6) is 0 Å². The number of aromatic nitrogens is 4. The molecular formula is C27H29F6N5O3. The highest BCUT2D eigenvalue weighted by molar-refractivity contribution is 5.68. The van der Waals surface area contributed by atoms with Crippen LogP contribution >= 0.6 is 0 Å². The first kappa shape index (κ1) is 30.3. The number of piperidine rings is 1. The van der Waals surface area contributed by atoms with Crippen LogP contribution in [0.25, 0.3) is 5.69 Å². The van der Waals surface area contributed by atoms with Gasteiger partial charge in [0.05, 0.1) is 24.5 Å². The largest absolute Gasteiger partial charge is 0.453 e. The first-order valence-corrected chi connectivity index (χ1v) is 12.8. The molecule has 8 nitrogen and oxygen atoms in total. The zero-order valence-electron chi connectivity index (χ0n) is 22.6. The Morgan fingerprint density at radius 3 is 2.20 bits per heavy atom. The predicted octanol–water partition coefficient (Wildman–Crippen LogP) is 6.19. The predicted molar refractivity (Wildman–Crippen MR) is 134 cm³/mol. The number of amides is 1. The lowest BCUT2D eigenvalue weighted by molar-refractivity contribution is -0.146. The van der Waals surface area contributed by atoms with Crippen molar-refractivity contribution in [3.05, 3.63) is 71.0 Å². The maximum atomic E-state index is 13.7. The molecule has 1 saturated heterocycles. The fraction of sp³-hybridized carbons (Fsp3) is 0.481. The van der Waals surface area contributed by atoms with Gasteiger partial charge in [-0.15, -0.1) is 5.10 Å². The highest BCUT2D eigenvalue weighted by Crippen LogP contribution is 2.38. The number of alkyl halides is 6. The van der Waals surface area contributed by atoms with Gasteiger partial charge < -0.3 is 14.4 Å². The molecule has 1 fully saturated rings. The van der Waals surface area contributed by atoms with Crippen LogP contribution in [0.4, 0.5) is 31.1 Å². The number of carbonyl (C=O) groups is 1. The molecule has 41 heavy (non-hydrogen) atoms. The number of carbonyl (C=O) groups excluding carboxylic acids is 1. The minimum Gasteiger partial charge on any atom is -0.444 e. The van der Waals surface area contributed by atoms with Gasteiger partial charge in [-0.3, -0.25) is 0 Å². The zero-order valence-corrected chi connectivity index (χ0v) is 22.6. The van der Waals surface area contributed by atoms with E-state index in [1.807, 2.05) is 30.3 Å². The molecule has 0 unspecified atom stereocenters. The highest BCUT2D eigenvalue weighted by atomic mass is 19.4. The van der Waals surface area contributed by atoms with Gasteiger partial charge in [0.25, 0.3) is 5.82 Å². The Morgan fingerprint density at radius 2 is 1.61 bits per heavy atom. The van der Waals surface area contributed by atoms with Gasteiger partial charge in [0.1, 0.15) is 5.60 Å². The second-order valence-corrected chi connectivity index (χ2v) is 10.9. The first-order chi connectivity index (χ1) is 19.1. The standard InChI is InChI=1S/C27H29F6N5O3/c1-24(2,3)41-23(39)37-11-9-25(10-12-37,19-7-5-4-6-8-19)17-40-16-18-13-20(26(28,29)30)15-21(14-18)38-22(27(31,32)33)34-35-36-38/h4-8,13-15H,9-12,16-17H2,1-3H3. The molecule has 222 valence electrons. The zero-order chi connectivity index (χ0) is 30.1. The molecule has 1 aliphatic heterocycles. The van der Waals surface area contributed by atoms with Gasteiger partial charge >= 0.3 is 18.4 Å². The molecule has 2 heterocycles. The number of rotatable bonds is 6. The number of nitrogens with zero attached hydrogens (tertiary/aromatic N) is 5. The number of hydrogen-bond donors (Lipinski definition) is 0. The van der Waals surface area contributed by atoms with E-state index < -0.39 is 46.5 Å². The van der Waals surface area contributed by atoms with Crippen LogP contribution in [0.2, 0.25) is 0 Å². The average molecular weight is 586 g/mol. The molecule has 0 saturated carbocycles. The monoisotopic (exact) mass is 585 g/mol.